The van der Waals surface area contributed by atoms with Crippen molar-refractivity contribution in [3.8, 4) is 0 Å². The van der Waals surface area contributed by atoms with E-state index in [4.69, 9.17) is 13.7 Å². The van der Waals surface area contributed by atoms with E-state index in [-0.39, 0.29) is 17.7 Å². The van der Waals surface area contributed by atoms with Gasteiger partial charge >= 0.3 is 0 Å². The first-order chi connectivity index (χ1) is 13.1. The minimum absolute atomic E-state index is 0.0495. The highest BCUT2D eigenvalue weighted by Crippen LogP contribution is 2.58. The zero-order chi connectivity index (χ0) is 20.2. The standard InChI is InChI=1S/C20H28O7S/c1-14-3-5-15(6-4-14)28(23,24)27-17-8-7-16(21)18(2)9-10-19(13-20(17,18)22)25-11-12-26-19/h3-6,16-17,21-22H,7-13H2,1-2H3/t16-,17+,18+,20+/m0/s1. The summed E-state index contributed by atoms with van der Waals surface area (Å²) in [5.41, 5.74) is -1.56. The van der Waals surface area contributed by atoms with E-state index in [1.165, 1.54) is 12.1 Å². The maximum atomic E-state index is 12.9. The number of aryl methyl sites for hydroxylation is 1. The summed E-state index contributed by atoms with van der Waals surface area (Å²) in [4.78, 5) is 0.0495. The van der Waals surface area contributed by atoms with Crippen LogP contribution in [0.15, 0.2) is 29.2 Å². The van der Waals surface area contributed by atoms with Gasteiger partial charge in [-0.25, -0.2) is 0 Å². The number of benzene rings is 1. The molecule has 0 radical (unpaired) electrons. The second kappa shape index (κ2) is 6.75. The average molecular weight is 413 g/mol. The molecule has 1 heterocycles. The SMILES string of the molecule is Cc1ccc(S(=O)(=O)O[C@@H]2CC[C@H](O)[C@@]3(C)CCC4(C[C@@]23O)OCCO4)cc1. The Morgan fingerprint density at radius 3 is 2.39 bits per heavy atom. The Balaban J connectivity index is 1.67. The molecule has 4 rings (SSSR count). The van der Waals surface area contributed by atoms with Crippen LogP contribution in [0.25, 0.3) is 0 Å². The van der Waals surface area contributed by atoms with Gasteiger partial charge in [0.2, 0.25) is 0 Å². The van der Waals surface area contributed by atoms with Crippen LogP contribution in [0.4, 0.5) is 0 Å². The summed E-state index contributed by atoms with van der Waals surface area (Å²) in [7, 11) is -4.07. The smallest absolute Gasteiger partial charge is 0.297 e. The highest BCUT2D eigenvalue weighted by atomic mass is 32.2. The lowest BCUT2D eigenvalue weighted by Crippen LogP contribution is -2.69. The van der Waals surface area contributed by atoms with E-state index in [2.05, 4.69) is 0 Å². The van der Waals surface area contributed by atoms with Crippen LogP contribution >= 0.6 is 0 Å². The minimum Gasteiger partial charge on any atom is -0.392 e. The molecule has 8 heteroatoms. The van der Waals surface area contributed by atoms with Crippen LogP contribution in [-0.4, -0.2) is 55.4 Å². The van der Waals surface area contributed by atoms with Gasteiger partial charge < -0.3 is 19.7 Å². The molecule has 2 N–H and O–H groups in total. The van der Waals surface area contributed by atoms with E-state index in [1.807, 2.05) is 6.92 Å². The number of rotatable bonds is 3. The molecule has 2 saturated carbocycles. The molecule has 0 amide bonds. The summed E-state index contributed by atoms with van der Waals surface area (Å²) < 4.78 is 42.9. The second-order valence-corrected chi connectivity index (χ2v) is 10.1. The molecule has 1 aromatic rings. The Morgan fingerprint density at radius 1 is 1.11 bits per heavy atom. The third-order valence-corrected chi connectivity index (χ3v) is 8.22. The Hall–Kier alpha value is -1.03. The molecule has 3 fully saturated rings. The fourth-order valence-corrected chi connectivity index (χ4v) is 6.10. The van der Waals surface area contributed by atoms with Crippen LogP contribution in [0, 0.1) is 12.3 Å². The topological polar surface area (TPSA) is 102 Å². The number of fused-ring (bicyclic) bond motifs is 1. The molecule has 1 saturated heterocycles. The highest BCUT2D eigenvalue weighted by molar-refractivity contribution is 7.86. The molecule has 1 aliphatic heterocycles. The van der Waals surface area contributed by atoms with Crippen molar-refractivity contribution in [2.24, 2.45) is 5.41 Å². The van der Waals surface area contributed by atoms with Crippen molar-refractivity contribution >= 4 is 10.1 Å². The summed E-state index contributed by atoms with van der Waals surface area (Å²) >= 11 is 0. The number of aliphatic hydroxyl groups excluding tert-OH is 1. The Labute approximate surface area is 165 Å². The van der Waals surface area contributed by atoms with Crippen molar-refractivity contribution in [2.75, 3.05) is 13.2 Å². The van der Waals surface area contributed by atoms with Crippen LogP contribution in [0.3, 0.4) is 0 Å². The number of hydrogen-bond acceptors (Lipinski definition) is 7. The molecule has 0 unspecified atom stereocenters. The molecule has 0 bridgehead atoms. The highest BCUT2D eigenvalue weighted by Gasteiger charge is 2.66. The Bertz CT molecular complexity index is 831. The third-order valence-electron chi connectivity index (χ3n) is 6.89. The van der Waals surface area contributed by atoms with Crippen LogP contribution in [0.1, 0.15) is 44.6 Å². The largest absolute Gasteiger partial charge is 0.392 e. The van der Waals surface area contributed by atoms with Gasteiger partial charge in [0.15, 0.2) is 5.79 Å². The van der Waals surface area contributed by atoms with Crippen molar-refractivity contribution in [3.63, 3.8) is 0 Å². The molecular weight excluding hydrogens is 384 g/mol. The van der Waals surface area contributed by atoms with Crippen molar-refractivity contribution in [1.29, 1.82) is 0 Å². The van der Waals surface area contributed by atoms with Gasteiger partial charge in [0.05, 0.1) is 24.2 Å². The zero-order valence-electron chi connectivity index (χ0n) is 16.3. The lowest BCUT2D eigenvalue weighted by molar-refractivity contribution is -0.299. The minimum atomic E-state index is -4.07. The molecule has 156 valence electrons. The van der Waals surface area contributed by atoms with Gasteiger partial charge in [0.25, 0.3) is 10.1 Å². The Kier molecular flexibility index (Phi) is 4.88. The number of ether oxygens (including phenoxy) is 2. The molecule has 1 aromatic carbocycles. The molecule has 7 nitrogen and oxygen atoms in total. The van der Waals surface area contributed by atoms with Crippen molar-refractivity contribution in [3.05, 3.63) is 29.8 Å². The van der Waals surface area contributed by atoms with Gasteiger partial charge in [0, 0.05) is 18.3 Å². The Morgan fingerprint density at radius 2 is 1.75 bits per heavy atom. The molecule has 1 spiro atoms. The maximum absolute atomic E-state index is 12.9. The van der Waals surface area contributed by atoms with Crippen molar-refractivity contribution in [2.45, 2.75) is 74.4 Å². The summed E-state index contributed by atoms with van der Waals surface area (Å²) in [5, 5.41) is 22.4. The van der Waals surface area contributed by atoms with Crippen molar-refractivity contribution in [1.82, 2.24) is 0 Å². The lowest BCUT2D eigenvalue weighted by atomic mass is 9.54. The molecule has 4 atom stereocenters. The molecule has 2 aliphatic carbocycles. The molecular formula is C20H28O7S. The monoisotopic (exact) mass is 412 g/mol. The van der Waals surface area contributed by atoms with Crippen LogP contribution in [-0.2, 0) is 23.8 Å². The van der Waals surface area contributed by atoms with Gasteiger partial charge in [-0.2, -0.15) is 8.42 Å². The summed E-state index contributed by atoms with van der Waals surface area (Å²) in [5.74, 6) is -0.944. The van der Waals surface area contributed by atoms with Gasteiger partial charge in [0.1, 0.15) is 11.7 Å². The van der Waals surface area contributed by atoms with Crippen LogP contribution < -0.4 is 0 Å². The van der Waals surface area contributed by atoms with E-state index in [0.29, 0.717) is 32.5 Å². The quantitative estimate of drug-likeness (QED) is 0.731. The fraction of sp³-hybridized carbons (Fsp3) is 0.700. The third kappa shape index (κ3) is 3.11. The van der Waals surface area contributed by atoms with E-state index in [1.54, 1.807) is 19.1 Å². The van der Waals surface area contributed by atoms with E-state index < -0.39 is 39.1 Å². The zero-order valence-corrected chi connectivity index (χ0v) is 17.1. The van der Waals surface area contributed by atoms with E-state index in [9.17, 15) is 18.6 Å². The lowest BCUT2D eigenvalue weighted by Gasteiger charge is -2.59. The first kappa shape index (κ1) is 20.3. The van der Waals surface area contributed by atoms with E-state index in [0.717, 1.165) is 5.56 Å². The molecule has 0 aromatic heterocycles. The predicted molar refractivity (Wildman–Crippen MR) is 100 cm³/mol. The first-order valence-electron chi connectivity index (χ1n) is 9.79. The summed E-state index contributed by atoms with van der Waals surface area (Å²) in [6, 6.07) is 6.40. The first-order valence-corrected chi connectivity index (χ1v) is 11.2. The number of hydrogen-bond donors (Lipinski definition) is 2. The average Bonchev–Trinajstić information content (AvgIpc) is 3.09. The predicted octanol–water partition coefficient (Wildman–Crippen LogP) is 1.89. The number of aliphatic hydroxyl groups is 2. The fourth-order valence-electron chi connectivity index (χ4n) is 4.96. The molecule has 3 aliphatic rings. The van der Waals surface area contributed by atoms with Gasteiger partial charge in [-0.15, -0.1) is 0 Å². The van der Waals surface area contributed by atoms with E-state index >= 15 is 0 Å². The maximum Gasteiger partial charge on any atom is 0.297 e. The second-order valence-electron chi connectivity index (χ2n) is 8.57. The normalized spacial score (nSPS) is 37.7. The van der Waals surface area contributed by atoms with Gasteiger partial charge in [-0.1, -0.05) is 24.6 Å². The summed E-state index contributed by atoms with van der Waals surface area (Å²) in [6.45, 7) is 4.54. The van der Waals surface area contributed by atoms with Crippen LogP contribution in [0.2, 0.25) is 0 Å². The van der Waals surface area contributed by atoms with Gasteiger partial charge in [-0.05, 0) is 38.3 Å². The summed E-state index contributed by atoms with van der Waals surface area (Å²) in [6.07, 6.45) is -0.0806. The molecule has 28 heavy (non-hydrogen) atoms. The van der Waals surface area contributed by atoms with Crippen molar-refractivity contribution < 1.29 is 32.3 Å². The van der Waals surface area contributed by atoms with Crippen LogP contribution in [0.5, 0.6) is 0 Å². The van der Waals surface area contributed by atoms with Gasteiger partial charge in [-0.3, -0.25) is 4.18 Å².